The van der Waals surface area contributed by atoms with E-state index in [4.69, 9.17) is 5.73 Å². The molecule has 0 bridgehead atoms. The van der Waals surface area contributed by atoms with E-state index in [0.29, 0.717) is 16.9 Å². The monoisotopic (exact) mass is 331 g/mol. The van der Waals surface area contributed by atoms with Crippen LogP contribution in [0.3, 0.4) is 0 Å². The van der Waals surface area contributed by atoms with Gasteiger partial charge in [-0.05, 0) is 44.2 Å². The van der Waals surface area contributed by atoms with Crippen molar-refractivity contribution >= 4 is 16.5 Å². The fourth-order valence-electron chi connectivity index (χ4n) is 3.25. The minimum Gasteiger partial charge on any atom is -0.399 e. The summed E-state index contributed by atoms with van der Waals surface area (Å²) in [5.41, 5.74) is 9.16. The second-order valence-electron chi connectivity index (χ2n) is 5.94. The Bertz CT molecular complexity index is 1140. The molecule has 4 rings (SSSR count). The highest BCUT2D eigenvalue weighted by Crippen LogP contribution is 2.26. The van der Waals surface area contributed by atoms with Gasteiger partial charge in [0.1, 0.15) is 0 Å². The molecule has 0 saturated carbocycles. The molecule has 0 saturated heterocycles. The van der Waals surface area contributed by atoms with Crippen molar-refractivity contribution in [3.63, 3.8) is 0 Å². The number of anilines is 1. The van der Waals surface area contributed by atoms with Crippen molar-refractivity contribution in [1.29, 1.82) is 0 Å². The molecule has 0 atom stereocenters. The van der Waals surface area contributed by atoms with Crippen LogP contribution in [-0.2, 0) is 0 Å². The summed E-state index contributed by atoms with van der Waals surface area (Å²) in [5.74, 6) is 0.503. The maximum Gasteiger partial charge on any atom is 0.282 e. The molecule has 25 heavy (non-hydrogen) atoms. The molecule has 6 heteroatoms. The lowest BCUT2D eigenvalue weighted by Gasteiger charge is -2.09. The van der Waals surface area contributed by atoms with Gasteiger partial charge in [0, 0.05) is 34.3 Å². The third kappa shape index (κ3) is 2.30. The second kappa shape index (κ2) is 5.59. The molecular weight excluding hydrogens is 314 g/mol. The standard InChI is InChI=1S/C19H17N5O/c1-12-16-11-22-24(17-8-3-4-9-21-17)19(25)18(16)13(2)23(12)15-7-5-6-14(20)10-15/h3-11H,20H2,1-2H3. The summed E-state index contributed by atoms with van der Waals surface area (Å²) in [6.07, 6.45) is 3.36. The van der Waals surface area contributed by atoms with Crippen LogP contribution in [0, 0.1) is 13.8 Å². The third-order valence-corrected chi connectivity index (χ3v) is 4.39. The van der Waals surface area contributed by atoms with Gasteiger partial charge in [0.05, 0.1) is 11.6 Å². The third-order valence-electron chi connectivity index (χ3n) is 4.39. The van der Waals surface area contributed by atoms with Gasteiger partial charge in [-0.1, -0.05) is 12.1 Å². The summed E-state index contributed by atoms with van der Waals surface area (Å²) in [5, 5.41) is 5.78. The van der Waals surface area contributed by atoms with E-state index in [1.54, 1.807) is 24.5 Å². The van der Waals surface area contributed by atoms with Gasteiger partial charge in [-0.3, -0.25) is 4.79 Å². The molecule has 0 aliphatic heterocycles. The molecule has 1 aromatic carbocycles. The van der Waals surface area contributed by atoms with E-state index in [-0.39, 0.29) is 5.56 Å². The van der Waals surface area contributed by atoms with Gasteiger partial charge in [0.15, 0.2) is 5.82 Å². The number of hydrogen-bond acceptors (Lipinski definition) is 4. The van der Waals surface area contributed by atoms with Crippen LogP contribution in [0.25, 0.3) is 22.3 Å². The maximum atomic E-state index is 13.0. The summed E-state index contributed by atoms with van der Waals surface area (Å²) in [6, 6.07) is 13.0. The van der Waals surface area contributed by atoms with Crippen LogP contribution in [0.5, 0.6) is 0 Å². The van der Waals surface area contributed by atoms with Gasteiger partial charge in [-0.15, -0.1) is 0 Å². The summed E-state index contributed by atoms with van der Waals surface area (Å²) in [7, 11) is 0. The van der Waals surface area contributed by atoms with Crippen LogP contribution in [0.1, 0.15) is 11.4 Å². The predicted octanol–water partition coefficient (Wildman–Crippen LogP) is 2.77. The van der Waals surface area contributed by atoms with Crippen molar-refractivity contribution in [2.24, 2.45) is 0 Å². The smallest absolute Gasteiger partial charge is 0.282 e. The number of pyridine rings is 1. The summed E-state index contributed by atoms with van der Waals surface area (Å²) in [4.78, 5) is 17.3. The number of aromatic nitrogens is 4. The van der Waals surface area contributed by atoms with Gasteiger partial charge >= 0.3 is 0 Å². The number of hydrogen-bond donors (Lipinski definition) is 1. The van der Waals surface area contributed by atoms with E-state index >= 15 is 0 Å². The SMILES string of the molecule is Cc1c2cnn(-c3ccccn3)c(=O)c2c(C)n1-c1cccc(N)c1. The average molecular weight is 331 g/mol. The molecule has 0 unspecified atom stereocenters. The molecule has 3 aromatic heterocycles. The molecule has 0 aliphatic carbocycles. The lowest BCUT2D eigenvalue weighted by molar-refractivity contribution is 0.794. The molecule has 0 radical (unpaired) electrons. The first kappa shape index (κ1) is 15.1. The van der Waals surface area contributed by atoms with Crippen LogP contribution >= 0.6 is 0 Å². The first-order valence-electron chi connectivity index (χ1n) is 7.95. The molecule has 2 N–H and O–H groups in total. The highest BCUT2D eigenvalue weighted by Gasteiger charge is 2.18. The number of fused-ring (bicyclic) bond motifs is 1. The first-order valence-corrected chi connectivity index (χ1v) is 7.95. The van der Waals surface area contributed by atoms with Crippen molar-refractivity contribution in [2.45, 2.75) is 13.8 Å². The highest BCUT2D eigenvalue weighted by atomic mass is 16.1. The largest absolute Gasteiger partial charge is 0.399 e. The predicted molar refractivity (Wildman–Crippen MR) is 98.3 cm³/mol. The molecular formula is C19H17N5O. The second-order valence-corrected chi connectivity index (χ2v) is 5.94. The molecule has 4 aromatic rings. The van der Waals surface area contributed by atoms with E-state index in [9.17, 15) is 4.79 Å². The average Bonchev–Trinajstić information content (AvgIpc) is 2.87. The van der Waals surface area contributed by atoms with Crippen LogP contribution in [-0.4, -0.2) is 19.3 Å². The van der Waals surface area contributed by atoms with Gasteiger partial charge in [-0.25, -0.2) is 4.98 Å². The molecule has 0 fully saturated rings. The van der Waals surface area contributed by atoms with Crippen molar-refractivity contribution in [2.75, 3.05) is 5.73 Å². The number of nitrogens with two attached hydrogens (primary N) is 1. The molecule has 0 amide bonds. The van der Waals surface area contributed by atoms with Crippen molar-refractivity contribution in [1.82, 2.24) is 19.3 Å². The van der Waals surface area contributed by atoms with E-state index in [1.807, 2.05) is 48.7 Å². The topological polar surface area (TPSA) is 78.7 Å². The molecule has 0 spiro atoms. The van der Waals surface area contributed by atoms with E-state index in [2.05, 4.69) is 10.1 Å². The van der Waals surface area contributed by atoms with Crippen LogP contribution in [0.15, 0.2) is 59.7 Å². The van der Waals surface area contributed by atoms with Crippen molar-refractivity contribution in [3.8, 4) is 11.5 Å². The Hall–Kier alpha value is -3.41. The Morgan fingerprint density at radius 2 is 1.88 bits per heavy atom. The lowest BCUT2D eigenvalue weighted by atomic mass is 10.2. The highest BCUT2D eigenvalue weighted by molar-refractivity contribution is 5.88. The zero-order chi connectivity index (χ0) is 17.6. The number of nitrogen functional groups attached to an aromatic ring is 1. The number of benzene rings is 1. The Morgan fingerprint density at radius 3 is 2.60 bits per heavy atom. The fourth-order valence-corrected chi connectivity index (χ4v) is 3.25. The first-order chi connectivity index (χ1) is 12.1. The lowest BCUT2D eigenvalue weighted by Crippen LogP contribution is -2.21. The quantitative estimate of drug-likeness (QED) is 0.573. The normalized spacial score (nSPS) is 11.1. The number of aryl methyl sites for hydroxylation is 2. The van der Waals surface area contributed by atoms with E-state index in [1.165, 1.54) is 4.68 Å². The zero-order valence-corrected chi connectivity index (χ0v) is 14.0. The van der Waals surface area contributed by atoms with E-state index in [0.717, 1.165) is 22.5 Å². The molecule has 3 heterocycles. The zero-order valence-electron chi connectivity index (χ0n) is 14.0. The van der Waals surface area contributed by atoms with E-state index < -0.39 is 0 Å². The Labute approximate surface area is 144 Å². The van der Waals surface area contributed by atoms with Crippen LogP contribution in [0.4, 0.5) is 5.69 Å². The van der Waals surface area contributed by atoms with Crippen molar-refractivity contribution < 1.29 is 0 Å². The van der Waals surface area contributed by atoms with Crippen LogP contribution in [0.2, 0.25) is 0 Å². The Kier molecular flexibility index (Phi) is 3.39. The molecule has 6 nitrogen and oxygen atoms in total. The Morgan fingerprint density at radius 1 is 1.04 bits per heavy atom. The summed E-state index contributed by atoms with van der Waals surface area (Å²) >= 11 is 0. The van der Waals surface area contributed by atoms with Crippen LogP contribution < -0.4 is 11.3 Å². The molecule has 0 aliphatic rings. The van der Waals surface area contributed by atoms with Gasteiger partial charge in [0.25, 0.3) is 5.56 Å². The van der Waals surface area contributed by atoms with Gasteiger partial charge in [0.2, 0.25) is 0 Å². The minimum atomic E-state index is -0.181. The fraction of sp³-hybridized carbons (Fsp3) is 0.105. The molecule has 124 valence electrons. The van der Waals surface area contributed by atoms with Gasteiger partial charge < -0.3 is 10.3 Å². The Balaban J connectivity index is 2.03. The number of rotatable bonds is 2. The number of nitrogens with zero attached hydrogens (tertiary/aromatic N) is 4. The summed E-state index contributed by atoms with van der Waals surface area (Å²) in [6.45, 7) is 3.91. The van der Waals surface area contributed by atoms with Crippen molar-refractivity contribution in [3.05, 3.63) is 76.6 Å². The minimum absolute atomic E-state index is 0.181. The summed E-state index contributed by atoms with van der Waals surface area (Å²) < 4.78 is 3.37. The van der Waals surface area contributed by atoms with Gasteiger partial charge in [-0.2, -0.15) is 9.78 Å². The maximum absolute atomic E-state index is 13.0.